The zero-order chi connectivity index (χ0) is 15.1. The van der Waals surface area contributed by atoms with Crippen LogP contribution in [0.25, 0.3) is 0 Å². The number of aliphatic hydroxyl groups is 1. The van der Waals surface area contributed by atoms with Crippen molar-refractivity contribution in [1.29, 1.82) is 0 Å². The summed E-state index contributed by atoms with van der Waals surface area (Å²) in [7, 11) is 2.00. The molecule has 0 amide bonds. The van der Waals surface area contributed by atoms with Gasteiger partial charge in [0.05, 0.1) is 6.61 Å². The molecule has 1 aliphatic rings. The lowest BCUT2D eigenvalue weighted by Gasteiger charge is -2.14. The Morgan fingerprint density at radius 2 is 2.24 bits per heavy atom. The molecule has 118 valence electrons. The topological polar surface area (TPSA) is 50.7 Å². The molecule has 2 N–H and O–H groups in total. The van der Waals surface area contributed by atoms with E-state index in [1.54, 1.807) is 0 Å². The minimum Gasteiger partial charge on any atom is -0.491 e. The average molecular weight is 293 g/mol. The predicted molar refractivity (Wildman–Crippen MR) is 83.8 cm³/mol. The van der Waals surface area contributed by atoms with Gasteiger partial charge in [0.25, 0.3) is 0 Å². The number of fused-ring (bicyclic) bond motifs is 1. The highest BCUT2D eigenvalue weighted by Gasteiger charge is 2.21. The van der Waals surface area contributed by atoms with E-state index in [4.69, 9.17) is 9.47 Å². The van der Waals surface area contributed by atoms with E-state index >= 15 is 0 Å². The first-order valence-corrected chi connectivity index (χ1v) is 7.93. The summed E-state index contributed by atoms with van der Waals surface area (Å²) in [6.07, 6.45) is 3.80. The Kier molecular flexibility index (Phi) is 6.49. The Morgan fingerprint density at radius 1 is 1.38 bits per heavy atom. The van der Waals surface area contributed by atoms with Gasteiger partial charge in [-0.1, -0.05) is 19.4 Å². The number of nitrogens with one attached hydrogen (secondary N) is 1. The molecule has 0 fully saturated rings. The van der Waals surface area contributed by atoms with Crippen LogP contribution in [0.2, 0.25) is 0 Å². The largest absolute Gasteiger partial charge is 0.491 e. The quantitative estimate of drug-likeness (QED) is 0.687. The van der Waals surface area contributed by atoms with Gasteiger partial charge in [0.2, 0.25) is 0 Å². The summed E-state index contributed by atoms with van der Waals surface area (Å²) >= 11 is 0. The second-order valence-electron chi connectivity index (χ2n) is 5.63. The summed E-state index contributed by atoms with van der Waals surface area (Å²) in [5.41, 5.74) is 2.72. The lowest BCUT2D eigenvalue weighted by Crippen LogP contribution is -2.23. The Hall–Kier alpha value is -1.10. The van der Waals surface area contributed by atoms with Crippen LogP contribution < -0.4 is 10.1 Å². The van der Waals surface area contributed by atoms with Crippen molar-refractivity contribution < 1.29 is 14.6 Å². The Morgan fingerprint density at radius 3 is 3.00 bits per heavy atom. The Bertz CT molecular complexity index is 436. The molecule has 1 aromatic rings. The zero-order valence-corrected chi connectivity index (χ0v) is 13.1. The van der Waals surface area contributed by atoms with Crippen molar-refractivity contribution in [3.8, 4) is 5.75 Å². The zero-order valence-electron chi connectivity index (χ0n) is 13.1. The first-order chi connectivity index (χ1) is 10.2. The van der Waals surface area contributed by atoms with Gasteiger partial charge in [-0.3, -0.25) is 0 Å². The molecule has 0 aliphatic heterocycles. The molecule has 2 rings (SSSR count). The smallest absolute Gasteiger partial charge is 0.119 e. The highest BCUT2D eigenvalue weighted by Crippen LogP contribution is 2.33. The van der Waals surface area contributed by atoms with E-state index in [0.29, 0.717) is 19.3 Å². The normalized spacial score (nSPS) is 18.5. The molecule has 0 heterocycles. The number of hydrogen-bond donors (Lipinski definition) is 2. The van der Waals surface area contributed by atoms with Crippen molar-refractivity contribution in [2.45, 2.75) is 44.8 Å². The number of rotatable bonds is 9. The molecule has 4 nitrogen and oxygen atoms in total. The first kappa shape index (κ1) is 16.3. The van der Waals surface area contributed by atoms with Crippen LogP contribution in [0.15, 0.2) is 18.2 Å². The summed E-state index contributed by atoms with van der Waals surface area (Å²) < 4.78 is 11.1. The van der Waals surface area contributed by atoms with E-state index in [2.05, 4.69) is 24.4 Å². The van der Waals surface area contributed by atoms with Crippen LogP contribution in [-0.4, -0.2) is 38.1 Å². The van der Waals surface area contributed by atoms with Crippen LogP contribution in [0.1, 0.15) is 43.4 Å². The number of hydrogen-bond acceptors (Lipinski definition) is 4. The average Bonchev–Trinajstić information content (AvgIpc) is 2.91. The maximum absolute atomic E-state index is 9.82. The molecule has 0 spiro atoms. The number of ether oxygens (including phenoxy) is 2. The summed E-state index contributed by atoms with van der Waals surface area (Å²) in [6, 6.07) is 6.67. The summed E-state index contributed by atoms with van der Waals surface area (Å²) in [4.78, 5) is 0. The number of benzene rings is 1. The summed E-state index contributed by atoms with van der Waals surface area (Å²) in [5, 5.41) is 13.1. The molecule has 0 bridgehead atoms. The van der Waals surface area contributed by atoms with E-state index in [1.807, 2.05) is 13.1 Å². The maximum Gasteiger partial charge on any atom is 0.119 e. The molecule has 1 aliphatic carbocycles. The van der Waals surface area contributed by atoms with Gasteiger partial charge in [-0.2, -0.15) is 0 Å². The van der Waals surface area contributed by atoms with Gasteiger partial charge in [-0.05, 0) is 49.6 Å². The van der Waals surface area contributed by atoms with Crippen LogP contribution >= 0.6 is 0 Å². The van der Waals surface area contributed by atoms with Crippen LogP contribution in [0.5, 0.6) is 5.75 Å². The minimum atomic E-state index is -0.569. The maximum atomic E-state index is 9.82. The SMILES string of the molecule is CCCCOCC(O)COc1ccc2c(c1)CCC2NC. The van der Waals surface area contributed by atoms with E-state index < -0.39 is 6.10 Å². The molecule has 4 heteroatoms. The van der Waals surface area contributed by atoms with Crippen molar-refractivity contribution in [2.75, 3.05) is 26.9 Å². The predicted octanol–water partition coefficient (Wildman–Crippen LogP) is 2.45. The van der Waals surface area contributed by atoms with Crippen molar-refractivity contribution >= 4 is 0 Å². The third-order valence-corrected chi connectivity index (χ3v) is 3.94. The van der Waals surface area contributed by atoms with Crippen molar-refractivity contribution in [2.24, 2.45) is 0 Å². The fraction of sp³-hybridized carbons (Fsp3) is 0.647. The van der Waals surface area contributed by atoms with E-state index in [0.717, 1.165) is 31.4 Å². The van der Waals surface area contributed by atoms with E-state index in [-0.39, 0.29) is 6.61 Å². The van der Waals surface area contributed by atoms with Crippen molar-refractivity contribution in [3.63, 3.8) is 0 Å². The van der Waals surface area contributed by atoms with Gasteiger partial charge in [-0.25, -0.2) is 0 Å². The molecule has 2 unspecified atom stereocenters. The Balaban J connectivity index is 1.76. The minimum absolute atomic E-state index is 0.278. The second kappa shape index (κ2) is 8.37. The highest BCUT2D eigenvalue weighted by molar-refractivity contribution is 5.40. The number of aliphatic hydroxyl groups excluding tert-OH is 1. The summed E-state index contributed by atoms with van der Waals surface area (Å²) in [5.74, 6) is 0.832. The van der Waals surface area contributed by atoms with Gasteiger partial charge < -0.3 is 19.9 Å². The number of aryl methyl sites for hydroxylation is 1. The molecule has 0 radical (unpaired) electrons. The van der Waals surface area contributed by atoms with Crippen LogP contribution in [0.4, 0.5) is 0 Å². The van der Waals surface area contributed by atoms with E-state index in [1.165, 1.54) is 11.1 Å². The first-order valence-electron chi connectivity index (χ1n) is 7.93. The number of unbranched alkanes of at least 4 members (excludes halogenated alkanes) is 1. The second-order valence-corrected chi connectivity index (χ2v) is 5.63. The van der Waals surface area contributed by atoms with Gasteiger partial charge >= 0.3 is 0 Å². The highest BCUT2D eigenvalue weighted by atomic mass is 16.5. The van der Waals surface area contributed by atoms with Crippen LogP contribution in [0, 0.1) is 0 Å². The monoisotopic (exact) mass is 293 g/mol. The van der Waals surface area contributed by atoms with Gasteiger partial charge in [0.15, 0.2) is 0 Å². The standard InChI is InChI=1S/C17H27NO3/c1-3-4-9-20-11-14(19)12-21-15-6-7-16-13(10-15)5-8-17(16)18-2/h6-7,10,14,17-19H,3-5,8-9,11-12H2,1-2H3. The lowest BCUT2D eigenvalue weighted by atomic mass is 10.1. The molecule has 0 saturated carbocycles. The lowest BCUT2D eigenvalue weighted by molar-refractivity contribution is 0.0113. The molecule has 0 aromatic heterocycles. The third-order valence-electron chi connectivity index (χ3n) is 3.94. The molecule has 2 atom stereocenters. The fourth-order valence-corrected chi connectivity index (χ4v) is 2.69. The van der Waals surface area contributed by atoms with Crippen LogP contribution in [0.3, 0.4) is 0 Å². The molecule has 21 heavy (non-hydrogen) atoms. The van der Waals surface area contributed by atoms with Gasteiger partial charge in [0, 0.05) is 12.6 Å². The van der Waals surface area contributed by atoms with E-state index in [9.17, 15) is 5.11 Å². The van der Waals surface area contributed by atoms with Crippen LogP contribution in [-0.2, 0) is 11.2 Å². The van der Waals surface area contributed by atoms with Gasteiger partial charge in [-0.15, -0.1) is 0 Å². The summed E-state index contributed by atoms with van der Waals surface area (Å²) in [6.45, 7) is 3.44. The molecular formula is C17H27NO3. The van der Waals surface area contributed by atoms with Crippen molar-refractivity contribution in [3.05, 3.63) is 29.3 Å². The molecule has 0 saturated heterocycles. The Labute approximate surface area is 127 Å². The fourth-order valence-electron chi connectivity index (χ4n) is 2.69. The molecular weight excluding hydrogens is 266 g/mol. The van der Waals surface area contributed by atoms with Gasteiger partial charge in [0.1, 0.15) is 18.5 Å². The third kappa shape index (κ3) is 4.70. The molecule has 1 aromatic carbocycles. The van der Waals surface area contributed by atoms with Crippen molar-refractivity contribution in [1.82, 2.24) is 5.32 Å².